The van der Waals surface area contributed by atoms with Crippen LogP contribution in [0.4, 0.5) is 0 Å². The lowest BCUT2D eigenvalue weighted by molar-refractivity contribution is -0.159. The first-order chi connectivity index (χ1) is 7.15. The van der Waals surface area contributed by atoms with E-state index in [-0.39, 0.29) is 6.61 Å². The first-order valence-electron chi connectivity index (χ1n) is 5.14. The minimum Gasteiger partial charge on any atom is -0.461 e. The van der Waals surface area contributed by atoms with Crippen molar-refractivity contribution in [1.82, 2.24) is 0 Å². The Balaban J connectivity index is 3.82. The summed E-state index contributed by atoms with van der Waals surface area (Å²) in [6.45, 7) is 1.41. The number of unbranched alkanes of at least 4 members (excludes halogenated alkanes) is 1. The molecule has 0 aromatic rings. The molecule has 0 aliphatic carbocycles. The van der Waals surface area contributed by atoms with Gasteiger partial charge in [-0.05, 0) is 6.42 Å². The minimum absolute atomic E-state index is 0.193. The molecule has 0 heterocycles. The van der Waals surface area contributed by atoms with E-state index in [9.17, 15) is 4.79 Å². The highest BCUT2D eigenvalue weighted by atomic mass is 16.6. The Kier molecular flexibility index (Phi) is 8.27. The SMILES string of the molecule is CCCCC(OC)C(=O)OCC(O)CO. The van der Waals surface area contributed by atoms with Crippen LogP contribution in [0.15, 0.2) is 0 Å². The van der Waals surface area contributed by atoms with E-state index in [0.29, 0.717) is 6.42 Å². The number of carbonyl (C=O) groups is 1. The van der Waals surface area contributed by atoms with Crippen molar-refractivity contribution >= 4 is 5.97 Å². The number of aliphatic hydroxyl groups excluding tert-OH is 2. The summed E-state index contributed by atoms with van der Waals surface area (Å²) < 4.78 is 9.73. The van der Waals surface area contributed by atoms with E-state index >= 15 is 0 Å². The fourth-order valence-electron chi connectivity index (χ4n) is 1.05. The summed E-state index contributed by atoms with van der Waals surface area (Å²) in [6, 6.07) is 0. The van der Waals surface area contributed by atoms with Crippen molar-refractivity contribution in [1.29, 1.82) is 0 Å². The predicted molar refractivity (Wildman–Crippen MR) is 54.4 cm³/mol. The van der Waals surface area contributed by atoms with Gasteiger partial charge in [0.2, 0.25) is 0 Å². The van der Waals surface area contributed by atoms with Crippen LogP contribution in [0, 0.1) is 0 Å². The summed E-state index contributed by atoms with van der Waals surface area (Å²) in [5.41, 5.74) is 0. The highest BCUT2D eigenvalue weighted by Gasteiger charge is 2.19. The molecule has 2 N–H and O–H groups in total. The molecule has 15 heavy (non-hydrogen) atoms. The molecule has 0 amide bonds. The maximum Gasteiger partial charge on any atom is 0.335 e. The molecular weight excluding hydrogens is 200 g/mol. The lowest BCUT2D eigenvalue weighted by Gasteiger charge is -2.15. The molecule has 0 saturated heterocycles. The summed E-state index contributed by atoms with van der Waals surface area (Å²) >= 11 is 0. The Morgan fingerprint density at radius 1 is 1.47 bits per heavy atom. The fraction of sp³-hybridized carbons (Fsp3) is 0.900. The maximum absolute atomic E-state index is 11.4. The molecule has 0 aromatic heterocycles. The highest BCUT2D eigenvalue weighted by molar-refractivity contribution is 5.74. The van der Waals surface area contributed by atoms with Gasteiger partial charge in [-0.2, -0.15) is 0 Å². The van der Waals surface area contributed by atoms with Gasteiger partial charge in [-0.25, -0.2) is 4.79 Å². The van der Waals surface area contributed by atoms with Crippen molar-refractivity contribution in [3.8, 4) is 0 Å². The Labute approximate surface area is 90.0 Å². The largest absolute Gasteiger partial charge is 0.461 e. The monoisotopic (exact) mass is 220 g/mol. The lowest BCUT2D eigenvalue weighted by atomic mass is 10.1. The number of methoxy groups -OCH3 is 1. The van der Waals surface area contributed by atoms with Gasteiger partial charge in [-0.3, -0.25) is 0 Å². The average molecular weight is 220 g/mol. The number of hydrogen-bond donors (Lipinski definition) is 2. The molecule has 90 valence electrons. The molecule has 0 bridgehead atoms. The van der Waals surface area contributed by atoms with E-state index in [1.807, 2.05) is 6.92 Å². The number of esters is 1. The van der Waals surface area contributed by atoms with Crippen molar-refractivity contribution in [3.63, 3.8) is 0 Å². The molecule has 0 radical (unpaired) electrons. The van der Waals surface area contributed by atoms with Crippen LogP contribution in [-0.4, -0.2) is 48.7 Å². The summed E-state index contributed by atoms with van der Waals surface area (Å²) in [5.74, 6) is -0.488. The van der Waals surface area contributed by atoms with Crippen molar-refractivity contribution in [3.05, 3.63) is 0 Å². The Bertz CT molecular complexity index is 171. The second-order valence-corrected chi connectivity index (χ2v) is 3.33. The Hall–Kier alpha value is -0.650. The topological polar surface area (TPSA) is 76.0 Å². The van der Waals surface area contributed by atoms with Crippen molar-refractivity contribution in [2.75, 3.05) is 20.3 Å². The zero-order valence-corrected chi connectivity index (χ0v) is 9.31. The van der Waals surface area contributed by atoms with Gasteiger partial charge in [0.1, 0.15) is 12.7 Å². The van der Waals surface area contributed by atoms with Crippen LogP contribution >= 0.6 is 0 Å². The quantitative estimate of drug-likeness (QED) is 0.567. The van der Waals surface area contributed by atoms with Crippen LogP contribution in [0.3, 0.4) is 0 Å². The zero-order valence-electron chi connectivity index (χ0n) is 9.31. The first kappa shape index (κ1) is 14.3. The standard InChI is InChI=1S/C10H20O5/c1-3-4-5-9(14-2)10(13)15-7-8(12)6-11/h8-9,11-12H,3-7H2,1-2H3. The van der Waals surface area contributed by atoms with E-state index in [1.54, 1.807) is 0 Å². The predicted octanol–water partition coefficient (Wildman–Crippen LogP) is 0.0880. The normalized spacial score (nSPS) is 14.7. The van der Waals surface area contributed by atoms with Gasteiger partial charge >= 0.3 is 5.97 Å². The third kappa shape index (κ3) is 6.43. The van der Waals surface area contributed by atoms with Crippen LogP contribution < -0.4 is 0 Å². The van der Waals surface area contributed by atoms with E-state index in [1.165, 1.54) is 7.11 Å². The van der Waals surface area contributed by atoms with E-state index < -0.39 is 24.8 Å². The van der Waals surface area contributed by atoms with Gasteiger partial charge in [-0.15, -0.1) is 0 Å². The minimum atomic E-state index is -1.02. The summed E-state index contributed by atoms with van der Waals surface area (Å²) in [5, 5.41) is 17.5. The molecular formula is C10H20O5. The smallest absolute Gasteiger partial charge is 0.335 e. The zero-order chi connectivity index (χ0) is 11.7. The number of rotatable bonds is 8. The van der Waals surface area contributed by atoms with Crippen LogP contribution in [0.1, 0.15) is 26.2 Å². The molecule has 5 heteroatoms. The second kappa shape index (κ2) is 8.64. The van der Waals surface area contributed by atoms with Crippen LogP contribution in [-0.2, 0) is 14.3 Å². The molecule has 0 aromatic carbocycles. The molecule has 5 nitrogen and oxygen atoms in total. The molecule has 0 saturated carbocycles. The van der Waals surface area contributed by atoms with Gasteiger partial charge in [-0.1, -0.05) is 19.8 Å². The van der Waals surface area contributed by atoms with Crippen molar-refractivity contribution in [2.45, 2.75) is 38.4 Å². The summed E-state index contributed by atoms with van der Waals surface area (Å²) in [7, 11) is 1.45. The van der Waals surface area contributed by atoms with Gasteiger partial charge < -0.3 is 19.7 Å². The van der Waals surface area contributed by atoms with Crippen molar-refractivity contribution in [2.24, 2.45) is 0 Å². The number of carbonyl (C=O) groups excluding carboxylic acids is 1. The van der Waals surface area contributed by atoms with E-state index in [2.05, 4.69) is 0 Å². The van der Waals surface area contributed by atoms with Gasteiger partial charge in [0, 0.05) is 7.11 Å². The molecule has 0 rings (SSSR count). The Morgan fingerprint density at radius 3 is 2.60 bits per heavy atom. The lowest BCUT2D eigenvalue weighted by Crippen LogP contribution is -2.29. The molecule has 0 aliphatic heterocycles. The highest BCUT2D eigenvalue weighted by Crippen LogP contribution is 2.06. The second-order valence-electron chi connectivity index (χ2n) is 3.33. The molecule has 0 aliphatic rings. The van der Waals surface area contributed by atoms with Gasteiger partial charge in [0.25, 0.3) is 0 Å². The summed E-state index contributed by atoms with van der Waals surface area (Å²) in [4.78, 5) is 11.4. The first-order valence-corrected chi connectivity index (χ1v) is 5.14. The molecule has 0 spiro atoms. The fourth-order valence-corrected chi connectivity index (χ4v) is 1.05. The third-order valence-electron chi connectivity index (χ3n) is 2.00. The van der Waals surface area contributed by atoms with Crippen LogP contribution in [0.2, 0.25) is 0 Å². The average Bonchev–Trinajstić information content (AvgIpc) is 2.26. The summed E-state index contributed by atoms with van der Waals surface area (Å²) in [6.07, 6.45) is 0.886. The van der Waals surface area contributed by atoms with E-state index in [0.717, 1.165) is 12.8 Å². The van der Waals surface area contributed by atoms with Crippen LogP contribution in [0.5, 0.6) is 0 Å². The van der Waals surface area contributed by atoms with Crippen molar-refractivity contribution < 1.29 is 24.5 Å². The third-order valence-corrected chi connectivity index (χ3v) is 2.00. The number of ether oxygens (including phenoxy) is 2. The van der Waals surface area contributed by atoms with Gasteiger partial charge in [0.15, 0.2) is 6.10 Å². The molecule has 2 unspecified atom stereocenters. The number of hydrogen-bond acceptors (Lipinski definition) is 5. The van der Waals surface area contributed by atoms with Crippen LogP contribution in [0.25, 0.3) is 0 Å². The Morgan fingerprint density at radius 2 is 2.13 bits per heavy atom. The molecule has 2 atom stereocenters. The maximum atomic E-state index is 11.4. The molecule has 0 fully saturated rings. The van der Waals surface area contributed by atoms with E-state index in [4.69, 9.17) is 19.7 Å². The number of aliphatic hydroxyl groups is 2. The van der Waals surface area contributed by atoms with Gasteiger partial charge in [0.05, 0.1) is 6.61 Å².